The summed E-state index contributed by atoms with van der Waals surface area (Å²) in [5.41, 5.74) is 1.55. The van der Waals surface area contributed by atoms with E-state index in [9.17, 15) is 19.4 Å². The Hall–Kier alpha value is -3.91. The predicted octanol–water partition coefficient (Wildman–Crippen LogP) is 6.92. The molecule has 3 aromatic carbocycles. The summed E-state index contributed by atoms with van der Waals surface area (Å²) in [6.45, 7) is 6.07. The average molecular weight is 645 g/mol. The highest BCUT2D eigenvalue weighted by atomic mass is 32.2. The molecule has 10 heteroatoms. The van der Waals surface area contributed by atoms with Crippen LogP contribution in [-0.4, -0.2) is 38.8 Å². The Morgan fingerprint density at radius 1 is 1.04 bits per heavy atom. The maximum absolute atomic E-state index is 15.4. The number of anilines is 1. The van der Waals surface area contributed by atoms with Crippen LogP contribution in [0.1, 0.15) is 81.5 Å². The van der Waals surface area contributed by atoms with Crippen LogP contribution in [0.15, 0.2) is 72.8 Å². The Bertz CT molecular complexity index is 1590. The number of hydrogen-bond acceptors (Lipinski definition) is 6. The van der Waals surface area contributed by atoms with Gasteiger partial charge in [0, 0.05) is 17.9 Å². The van der Waals surface area contributed by atoms with Crippen LogP contribution in [0.4, 0.5) is 14.9 Å². The number of hydrogen-bond donors (Lipinski definition) is 2. The van der Waals surface area contributed by atoms with Crippen molar-refractivity contribution in [1.29, 1.82) is 5.26 Å². The first-order valence-corrected chi connectivity index (χ1v) is 16.9. The molecule has 0 radical (unpaired) electrons. The lowest BCUT2D eigenvalue weighted by Gasteiger charge is -2.39. The van der Waals surface area contributed by atoms with Crippen LogP contribution in [0.5, 0.6) is 0 Å². The fraction of sp³-hybridized carbons (Fsp3) is 0.417. The van der Waals surface area contributed by atoms with E-state index >= 15 is 4.39 Å². The molecule has 1 heterocycles. The van der Waals surface area contributed by atoms with E-state index in [1.54, 1.807) is 30.3 Å². The lowest BCUT2D eigenvalue weighted by molar-refractivity contribution is -0.120. The van der Waals surface area contributed by atoms with Crippen LogP contribution in [0.2, 0.25) is 0 Å². The Balaban J connectivity index is 1.45. The van der Waals surface area contributed by atoms with E-state index in [-0.39, 0.29) is 12.3 Å². The third-order valence-electron chi connectivity index (χ3n) is 8.64. The monoisotopic (exact) mass is 644 g/mol. The summed E-state index contributed by atoms with van der Waals surface area (Å²) in [4.78, 5) is 27.9. The van der Waals surface area contributed by atoms with Crippen LogP contribution in [0.3, 0.4) is 0 Å². The molecule has 3 unspecified atom stereocenters. The maximum atomic E-state index is 15.4. The van der Waals surface area contributed by atoms with Crippen molar-refractivity contribution >= 4 is 29.0 Å². The molecule has 1 saturated heterocycles. The van der Waals surface area contributed by atoms with Crippen molar-refractivity contribution in [3.8, 4) is 6.07 Å². The molecule has 1 aliphatic carbocycles. The third-order valence-corrected chi connectivity index (χ3v) is 10.3. The molecule has 3 atom stereocenters. The number of halogens is 1. The highest BCUT2D eigenvalue weighted by molar-refractivity contribution is 7.90. The molecule has 2 aliphatic rings. The van der Waals surface area contributed by atoms with Crippen molar-refractivity contribution in [3.05, 3.63) is 101 Å². The highest BCUT2D eigenvalue weighted by Gasteiger charge is 2.44. The summed E-state index contributed by atoms with van der Waals surface area (Å²) in [7, 11) is 0. The van der Waals surface area contributed by atoms with Gasteiger partial charge < -0.3 is 14.6 Å². The van der Waals surface area contributed by atoms with E-state index in [1.807, 2.05) is 57.2 Å². The number of amides is 2. The second-order valence-corrected chi connectivity index (χ2v) is 15.1. The number of benzene rings is 3. The van der Waals surface area contributed by atoms with Crippen molar-refractivity contribution in [3.63, 3.8) is 0 Å². The minimum Gasteiger partial charge on any atom is -0.598 e. The normalized spacial score (nSPS) is 18.3. The number of nitrogens with one attached hydrogen (secondary N) is 2. The van der Waals surface area contributed by atoms with Crippen LogP contribution in [0, 0.1) is 23.1 Å². The summed E-state index contributed by atoms with van der Waals surface area (Å²) in [5, 5.41) is 12.4. The topological polar surface area (TPSA) is 118 Å². The van der Waals surface area contributed by atoms with Gasteiger partial charge in [-0.1, -0.05) is 61.4 Å². The van der Waals surface area contributed by atoms with E-state index in [0.29, 0.717) is 42.9 Å². The van der Waals surface area contributed by atoms with Crippen molar-refractivity contribution < 1.29 is 23.3 Å². The Labute approximate surface area is 273 Å². The van der Waals surface area contributed by atoms with Gasteiger partial charge in [-0.2, -0.15) is 5.26 Å². The van der Waals surface area contributed by atoms with Crippen molar-refractivity contribution in [2.24, 2.45) is 5.92 Å². The second kappa shape index (κ2) is 14.2. The summed E-state index contributed by atoms with van der Waals surface area (Å²) in [6.07, 6.45) is 4.07. The lowest BCUT2D eigenvalue weighted by Crippen LogP contribution is -2.52. The van der Waals surface area contributed by atoms with Gasteiger partial charge in [-0.25, -0.2) is 9.18 Å². The first-order valence-electron chi connectivity index (χ1n) is 15.8. The molecule has 3 aromatic rings. The molecular formula is C36H41FN4O4S. The molecule has 1 aliphatic heterocycles. The Morgan fingerprint density at radius 3 is 2.48 bits per heavy atom. The van der Waals surface area contributed by atoms with Gasteiger partial charge >= 0.3 is 6.09 Å². The molecule has 2 N–H and O–H groups in total. The number of carbonyl (C=O) groups is 2. The van der Waals surface area contributed by atoms with E-state index in [4.69, 9.17) is 4.74 Å². The molecule has 8 nitrogen and oxygen atoms in total. The van der Waals surface area contributed by atoms with E-state index in [1.165, 1.54) is 11.0 Å². The van der Waals surface area contributed by atoms with Crippen molar-refractivity contribution in [2.45, 2.75) is 82.2 Å². The van der Waals surface area contributed by atoms with Gasteiger partial charge in [0.25, 0.3) is 0 Å². The molecule has 1 saturated carbocycles. The summed E-state index contributed by atoms with van der Waals surface area (Å²) in [5.74, 6) is -0.600. The van der Waals surface area contributed by atoms with Gasteiger partial charge in [-0.15, -0.1) is 4.72 Å². The first kappa shape index (κ1) is 33.5. The van der Waals surface area contributed by atoms with Crippen LogP contribution in [0.25, 0.3) is 0 Å². The quantitative estimate of drug-likeness (QED) is 0.219. The average Bonchev–Trinajstić information content (AvgIpc) is 3.75. The van der Waals surface area contributed by atoms with Gasteiger partial charge in [0.1, 0.15) is 28.8 Å². The number of likely N-dealkylation sites (tertiary alicyclic amines) is 1. The van der Waals surface area contributed by atoms with Gasteiger partial charge in [-0.05, 0) is 93.3 Å². The molecule has 2 fully saturated rings. The zero-order chi connectivity index (χ0) is 32.9. The molecular weight excluding hydrogens is 603 g/mol. The highest BCUT2D eigenvalue weighted by Crippen LogP contribution is 2.43. The Morgan fingerprint density at radius 2 is 1.78 bits per heavy atom. The standard InChI is InChI=1S/C36H41FN4O4S/c1-35(2,3)46(44)40-36(19-18-25-14-15-25,28-12-7-11-27(21-28)23-38)29-16-17-30(37)31(22-29)39-33(42)32-13-8-20-41(32)34(43)45-24-26-9-5-4-6-10-26/h4-7,9-12,16-17,21-22,25,32,40H,8,13-15,18-20,24H2,1-3H3,(H,39,42). The second-order valence-electron chi connectivity index (χ2n) is 13.1. The van der Waals surface area contributed by atoms with Gasteiger partial charge in [0.2, 0.25) is 5.91 Å². The van der Waals surface area contributed by atoms with Crippen molar-refractivity contribution in [1.82, 2.24) is 9.62 Å². The molecule has 0 spiro atoms. The van der Waals surface area contributed by atoms with Gasteiger partial charge in [0.15, 0.2) is 0 Å². The fourth-order valence-electron chi connectivity index (χ4n) is 5.78. The smallest absolute Gasteiger partial charge is 0.410 e. The largest absolute Gasteiger partial charge is 0.598 e. The molecule has 0 bridgehead atoms. The van der Waals surface area contributed by atoms with Crippen LogP contribution < -0.4 is 10.0 Å². The maximum Gasteiger partial charge on any atom is 0.410 e. The number of carbonyl (C=O) groups excluding carboxylic acids is 2. The molecule has 242 valence electrons. The Kier molecular flexibility index (Phi) is 10.4. The zero-order valence-electron chi connectivity index (χ0n) is 26.6. The molecule has 2 amide bonds. The molecule has 46 heavy (non-hydrogen) atoms. The summed E-state index contributed by atoms with van der Waals surface area (Å²) < 4.78 is 37.4. The predicted molar refractivity (Wildman–Crippen MR) is 176 cm³/mol. The fourth-order valence-corrected chi connectivity index (χ4v) is 6.74. The number of ether oxygens (including phenoxy) is 1. The molecule has 5 rings (SSSR count). The minimum absolute atomic E-state index is 0.0393. The zero-order valence-corrected chi connectivity index (χ0v) is 27.4. The number of rotatable bonds is 11. The summed E-state index contributed by atoms with van der Waals surface area (Å²) in [6, 6.07) is 22.4. The van der Waals surface area contributed by atoms with Crippen LogP contribution >= 0.6 is 0 Å². The third kappa shape index (κ3) is 7.89. The minimum atomic E-state index is -1.53. The summed E-state index contributed by atoms with van der Waals surface area (Å²) >= 11 is -1.53. The number of nitrogens with zero attached hydrogens (tertiary/aromatic N) is 2. The van der Waals surface area contributed by atoms with Gasteiger partial charge in [0.05, 0.1) is 17.3 Å². The first-order chi connectivity index (χ1) is 22.0. The van der Waals surface area contributed by atoms with Crippen LogP contribution in [-0.2, 0) is 33.0 Å². The van der Waals surface area contributed by atoms with Gasteiger partial charge in [-0.3, -0.25) is 9.69 Å². The van der Waals surface area contributed by atoms with E-state index < -0.39 is 45.5 Å². The molecule has 0 aromatic heterocycles. The van der Waals surface area contributed by atoms with E-state index in [0.717, 1.165) is 30.4 Å². The number of nitriles is 1. The van der Waals surface area contributed by atoms with Crippen molar-refractivity contribution in [2.75, 3.05) is 11.9 Å². The lowest BCUT2D eigenvalue weighted by atomic mass is 9.79. The SMILES string of the molecule is CC(C)(C)[S+]([O-])NC(CCC1CC1)(c1cccc(C#N)c1)c1ccc(F)c(NC(=O)C2CCCN2C(=O)OCc2ccccc2)c1. The van der Waals surface area contributed by atoms with E-state index in [2.05, 4.69) is 16.1 Å².